The van der Waals surface area contributed by atoms with Crippen LogP contribution >= 0.6 is 0 Å². The first-order chi connectivity index (χ1) is 17.6. The Labute approximate surface area is 208 Å². The molecule has 3 amide bonds. The molecule has 1 fully saturated rings. The zero-order valence-electron chi connectivity index (χ0n) is 20.1. The number of rotatable bonds is 2. The third-order valence-electron chi connectivity index (χ3n) is 6.73. The molecule has 0 aliphatic carbocycles. The molecular formula is C25H30N8O3. The first-order valence-corrected chi connectivity index (χ1v) is 12.5. The fourth-order valence-electron chi connectivity index (χ4n) is 4.66. The van der Waals surface area contributed by atoms with Crippen molar-refractivity contribution in [2.24, 2.45) is 0 Å². The minimum atomic E-state index is -0.422. The molecule has 1 saturated heterocycles. The molecule has 0 spiro atoms. The fraction of sp³-hybridized carbons (Fsp3) is 0.440. The molecule has 11 nitrogen and oxygen atoms in total. The molecule has 4 bridgehead atoms. The minimum Gasteiger partial charge on any atom is -0.351 e. The number of hydrogen-bond donors (Lipinski definition) is 2. The summed E-state index contributed by atoms with van der Waals surface area (Å²) in [6.45, 7) is 2.60. The lowest BCUT2D eigenvalue weighted by Crippen LogP contribution is -2.33. The first-order valence-electron chi connectivity index (χ1n) is 12.5. The standard InChI is InChI=1S/C25H30N8O3/c34-17-31-12-8-19(9-13-31)33-16-22-23(30-33)25(36)26-10-3-1-2-4-11-32-15-18(14-27-32)20-6-5-7-21(28-20)24(35)29-22/h5-7,14-17,19H,1-4,8-13H2,(H,26,36)(H,29,35). The molecule has 5 heterocycles. The van der Waals surface area contributed by atoms with E-state index in [0.717, 1.165) is 57.0 Å². The Balaban J connectivity index is 1.43. The predicted octanol–water partition coefficient (Wildman–Crippen LogP) is 2.49. The highest BCUT2D eigenvalue weighted by Crippen LogP contribution is 2.25. The summed E-state index contributed by atoms with van der Waals surface area (Å²) < 4.78 is 3.64. The van der Waals surface area contributed by atoms with E-state index in [1.54, 1.807) is 34.1 Å². The Morgan fingerprint density at radius 2 is 1.75 bits per heavy atom. The van der Waals surface area contributed by atoms with Gasteiger partial charge in [0.15, 0.2) is 5.69 Å². The van der Waals surface area contributed by atoms with E-state index >= 15 is 0 Å². The van der Waals surface area contributed by atoms with Crippen LogP contribution in [0.1, 0.15) is 65.5 Å². The number of carbonyl (C=O) groups excluding carboxylic acids is 3. The third kappa shape index (κ3) is 5.29. The van der Waals surface area contributed by atoms with Crippen LogP contribution in [-0.2, 0) is 11.3 Å². The number of anilines is 1. The molecule has 188 valence electrons. The number of nitrogens with one attached hydrogen (secondary N) is 2. The molecule has 0 unspecified atom stereocenters. The highest BCUT2D eigenvalue weighted by atomic mass is 16.2. The SMILES string of the molecule is O=CN1CCC(n2cc3c(n2)C(=O)NCCCCCCn2cc(cn2)-c2cccc(n2)C(=O)N3)CC1. The Bertz CT molecular complexity index is 1240. The summed E-state index contributed by atoms with van der Waals surface area (Å²) in [6, 6.07) is 5.31. The van der Waals surface area contributed by atoms with Crippen molar-refractivity contribution < 1.29 is 14.4 Å². The smallest absolute Gasteiger partial charge is 0.274 e. The molecule has 2 N–H and O–H groups in total. The van der Waals surface area contributed by atoms with E-state index in [0.29, 0.717) is 31.0 Å². The number of fused-ring (bicyclic) bond motifs is 6. The normalized spacial score (nSPS) is 17.9. The summed E-state index contributed by atoms with van der Waals surface area (Å²) in [6.07, 6.45) is 11.6. The largest absolute Gasteiger partial charge is 0.351 e. The lowest BCUT2D eigenvalue weighted by molar-refractivity contribution is -0.119. The molecule has 11 heteroatoms. The molecule has 2 aliphatic rings. The number of pyridine rings is 1. The number of nitrogens with zero attached hydrogens (tertiary/aromatic N) is 6. The Hall–Kier alpha value is -4.02. The van der Waals surface area contributed by atoms with Crippen LogP contribution in [0, 0.1) is 0 Å². The van der Waals surface area contributed by atoms with Gasteiger partial charge in [0.05, 0.1) is 23.6 Å². The summed E-state index contributed by atoms with van der Waals surface area (Å²) in [5, 5.41) is 14.8. The number of likely N-dealkylation sites (tertiary alicyclic amines) is 1. The summed E-state index contributed by atoms with van der Waals surface area (Å²) in [5.41, 5.74) is 2.27. The van der Waals surface area contributed by atoms with Crippen molar-refractivity contribution in [2.45, 2.75) is 51.1 Å². The maximum absolute atomic E-state index is 13.2. The van der Waals surface area contributed by atoms with Gasteiger partial charge in [0, 0.05) is 44.1 Å². The van der Waals surface area contributed by atoms with Crippen molar-refractivity contribution in [3.05, 3.63) is 48.2 Å². The summed E-state index contributed by atoms with van der Waals surface area (Å²) in [5.74, 6) is -0.741. The van der Waals surface area contributed by atoms with Gasteiger partial charge in [0.2, 0.25) is 6.41 Å². The number of aryl methyl sites for hydroxylation is 1. The third-order valence-corrected chi connectivity index (χ3v) is 6.73. The van der Waals surface area contributed by atoms with Crippen LogP contribution in [0.25, 0.3) is 11.3 Å². The molecule has 0 saturated carbocycles. The van der Waals surface area contributed by atoms with Crippen LogP contribution in [-0.4, -0.2) is 67.3 Å². The maximum Gasteiger partial charge on any atom is 0.274 e. The van der Waals surface area contributed by atoms with Crippen molar-refractivity contribution in [1.82, 2.24) is 34.8 Å². The number of piperidine rings is 1. The summed E-state index contributed by atoms with van der Waals surface area (Å²) in [4.78, 5) is 43.5. The van der Waals surface area contributed by atoms with E-state index < -0.39 is 5.91 Å². The zero-order chi connectivity index (χ0) is 24.9. The predicted molar refractivity (Wildman–Crippen MR) is 132 cm³/mol. The second-order valence-electron chi connectivity index (χ2n) is 9.27. The quantitative estimate of drug-likeness (QED) is 0.532. The monoisotopic (exact) mass is 490 g/mol. The van der Waals surface area contributed by atoms with Crippen LogP contribution in [0.4, 0.5) is 5.69 Å². The van der Waals surface area contributed by atoms with Crippen LogP contribution in [0.5, 0.6) is 0 Å². The molecule has 36 heavy (non-hydrogen) atoms. The molecule has 3 aromatic rings. The van der Waals surface area contributed by atoms with E-state index in [-0.39, 0.29) is 23.3 Å². The molecule has 5 rings (SSSR count). The number of hydrogen-bond acceptors (Lipinski definition) is 6. The molecule has 3 aromatic heterocycles. The van der Waals surface area contributed by atoms with Gasteiger partial charge in [-0.1, -0.05) is 18.9 Å². The average molecular weight is 491 g/mol. The van der Waals surface area contributed by atoms with Gasteiger partial charge in [-0.25, -0.2) is 4.98 Å². The van der Waals surface area contributed by atoms with Gasteiger partial charge >= 0.3 is 0 Å². The number of carbonyl (C=O) groups is 3. The van der Waals surface area contributed by atoms with Gasteiger partial charge < -0.3 is 15.5 Å². The van der Waals surface area contributed by atoms with E-state index in [1.165, 1.54) is 0 Å². The number of amides is 3. The summed E-state index contributed by atoms with van der Waals surface area (Å²) >= 11 is 0. The van der Waals surface area contributed by atoms with Gasteiger partial charge in [-0.15, -0.1) is 0 Å². The van der Waals surface area contributed by atoms with Gasteiger partial charge in [-0.3, -0.25) is 23.7 Å². The lowest BCUT2D eigenvalue weighted by Gasteiger charge is -2.29. The second kappa shape index (κ2) is 10.7. The highest BCUT2D eigenvalue weighted by Gasteiger charge is 2.25. The summed E-state index contributed by atoms with van der Waals surface area (Å²) in [7, 11) is 0. The van der Waals surface area contributed by atoms with Crippen LogP contribution in [0.3, 0.4) is 0 Å². The molecule has 0 atom stereocenters. The van der Waals surface area contributed by atoms with Crippen molar-refractivity contribution in [2.75, 3.05) is 25.0 Å². The average Bonchev–Trinajstić information content (AvgIpc) is 3.55. The van der Waals surface area contributed by atoms with E-state index in [4.69, 9.17) is 0 Å². The van der Waals surface area contributed by atoms with Gasteiger partial charge in [0.1, 0.15) is 5.69 Å². The van der Waals surface area contributed by atoms with Gasteiger partial charge in [-0.05, 0) is 37.8 Å². The molecular weight excluding hydrogens is 460 g/mol. The van der Waals surface area contributed by atoms with E-state index in [9.17, 15) is 14.4 Å². The zero-order valence-corrected chi connectivity index (χ0v) is 20.1. The Morgan fingerprint density at radius 1 is 0.944 bits per heavy atom. The minimum absolute atomic E-state index is 0.0398. The van der Waals surface area contributed by atoms with Crippen LogP contribution in [0.2, 0.25) is 0 Å². The fourth-order valence-corrected chi connectivity index (χ4v) is 4.66. The van der Waals surface area contributed by atoms with Crippen molar-refractivity contribution in [1.29, 1.82) is 0 Å². The Morgan fingerprint density at radius 3 is 2.58 bits per heavy atom. The topological polar surface area (TPSA) is 127 Å². The van der Waals surface area contributed by atoms with Gasteiger partial charge in [-0.2, -0.15) is 10.2 Å². The van der Waals surface area contributed by atoms with Crippen LogP contribution in [0.15, 0.2) is 36.8 Å². The second-order valence-corrected chi connectivity index (χ2v) is 9.27. The molecule has 0 radical (unpaired) electrons. The molecule has 0 aromatic carbocycles. The van der Waals surface area contributed by atoms with E-state index in [1.807, 2.05) is 16.9 Å². The van der Waals surface area contributed by atoms with Gasteiger partial charge in [0.25, 0.3) is 11.8 Å². The maximum atomic E-state index is 13.2. The first kappa shape index (κ1) is 23.7. The Kier molecular flexibility index (Phi) is 7.06. The van der Waals surface area contributed by atoms with Crippen molar-refractivity contribution in [3.8, 4) is 11.3 Å². The van der Waals surface area contributed by atoms with Crippen molar-refractivity contribution >= 4 is 23.9 Å². The molecule has 2 aliphatic heterocycles. The lowest BCUT2D eigenvalue weighted by atomic mass is 10.1. The van der Waals surface area contributed by atoms with Crippen molar-refractivity contribution in [3.63, 3.8) is 0 Å². The van der Waals surface area contributed by atoms with E-state index in [2.05, 4.69) is 25.8 Å². The number of aromatic nitrogens is 5. The highest BCUT2D eigenvalue weighted by molar-refractivity contribution is 6.07. The van der Waals surface area contributed by atoms with Crippen LogP contribution < -0.4 is 10.6 Å².